The van der Waals surface area contributed by atoms with Crippen molar-refractivity contribution in [3.8, 4) is 27.3 Å². The molecule has 0 unspecified atom stereocenters. The van der Waals surface area contributed by atoms with E-state index in [0.717, 1.165) is 36.8 Å². The quantitative estimate of drug-likeness (QED) is 0.0998. The summed E-state index contributed by atoms with van der Waals surface area (Å²) in [5.74, 6) is 7.72. The van der Waals surface area contributed by atoms with Crippen molar-refractivity contribution < 1.29 is 17.9 Å². The second-order valence-corrected chi connectivity index (χ2v) is 20.0. The number of fused-ring (bicyclic) bond motifs is 3. The Morgan fingerprint density at radius 3 is 1.62 bits per heavy atom. The first kappa shape index (κ1) is 42.0. The van der Waals surface area contributed by atoms with Crippen LogP contribution in [-0.4, -0.2) is 0 Å². The molecule has 2 aliphatic rings. The molecule has 0 radical (unpaired) electrons. The van der Waals surface area contributed by atoms with Gasteiger partial charge in [-0.2, -0.15) is 0 Å². The fourth-order valence-corrected chi connectivity index (χ4v) is 15.2. The van der Waals surface area contributed by atoms with Crippen LogP contribution in [0, 0.1) is 16.2 Å². The normalized spacial score (nSPS) is 14.8. The van der Waals surface area contributed by atoms with E-state index < -0.39 is 7.26 Å². The van der Waals surface area contributed by atoms with Crippen molar-refractivity contribution in [2.45, 2.75) is 39.5 Å². The second kappa shape index (κ2) is 19.4. The molecule has 0 spiro atoms. The first-order valence-electron chi connectivity index (χ1n) is 22.0. The number of hydrogen-bond acceptors (Lipinski definition) is 0. The van der Waals surface area contributed by atoms with Crippen LogP contribution in [-0.2, 0) is 17.9 Å². The van der Waals surface area contributed by atoms with E-state index in [1.54, 1.807) is 0 Å². The van der Waals surface area contributed by atoms with Crippen molar-refractivity contribution in [3.05, 3.63) is 262 Å². The molecule has 0 saturated heterocycles. The van der Waals surface area contributed by atoms with E-state index in [1.807, 2.05) is 17.9 Å². The first-order valence-corrected chi connectivity index (χ1v) is 25.0. The van der Waals surface area contributed by atoms with Crippen LogP contribution in [0.5, 0.6) is 0 Å². The third-order valence-corrected chi connectivity index (χ3v) is 17.5. The van der Waals surface area contributed by atoms with Crippen molar-refractivity contribution in [2.75, 3.05) is 0 Å². The summed E-state index contributed by atoms with van der Waals surface area (Å²) < 4.78 is 3.90. The van der Waals surface area contributed by atoms with Crippen LogP contribution in [0.25, 0.3) is 28.3 Å². The molecule has 63 heavy (non-hydrogen) atoms. The van der Waals surface area contributed by atoms with E-state index in [1.165, 1.54) is 82.5 Å². The summed E-state index contributed by atoms with van der Waals surface area (Å²) in [6.45, 7) is 4.33. The summed E-state index contributed by atoms with van der Waals surface area (Å²) in [5.41, 5.74) is 15.9. The van der Waals surface area contributed by atoms with Crippen LogP contribution >= 0.6 is 7.26 Å². The Labute approximate surface area is 384 Å². The number of benzene rings is 7. The van der Waals surface area contributed by atoms with Gasteiger partial charge in [0.05, 0.1) is 0 Å². The van der Waals surface area contributed by atoms with Gasteiger partial charge in [-0.15, -0.1) is 0 Å². The van der Waals surface area contributed by atoms with E-state index >= 15 is 0 Å². The third-order valence-electron chi connectivity index (χ3n) is 12.1. The average molecular weight is 1000 g/mol. The summed E-state index contributed by atoms with van der Waals surface area (Å²) in [5, 5.41) is 5.05. The zero-order chi connectivity index (χ0) is 43.0. The van der Waals surface area contributed by atoms with Crippen LogP contribution in [0.2, 0.25) is 0 Å². The predicted molar refractivity (Wildman–Crippen MR) is 268 cm³/mol. The molecule has 1 saturated carbocycles. The van der Waals surface area contributed by atoms with Gasteiger partial charge < -0.3 is 0 Å². The standard InChI is InChI=1S/C61H49P.Os/c1-4-22-46-37-40-56-57-41-38-47(43-59(57)61(58(56)42-46)60(49-24-11-6-12-25-49)50-26-13-7-14-27-50)36-39-51(44-52-29-21-28-48(52)23-5-2)45(3)62(53-30-15-8-16-31-53,54-32-17-9-18-33-54)55-34-19-10-20-35-55;/h4,6-20,22-27,30-35,37-38,40-44H,5,21,28-29H2,1-2H3;/q+1;/b22-4+,48-23?,51-45?,52-44?;. The number of allylic oxidation sites excluding steroid dienone is 7. The zero-order valence-corrected chi connectivity index (χ0v) is 39.3. The van der Waals surface area contributed by atoms with E-state index in [4.69, 9.17) is 0 Å². The summed E-state index contributed by atoms with van der Waals surface area (Å²) in [4.78, 5) is 0. The van der Waals surface area contributed by atoms with Gasteiger partial charge in [-0.05, 0) is 6.92 Å². The van der Waals surface area contributed by atoms with Crippen molar-refractivity contribution in [1.29, 1.82) is 0 Å². The fraction of sp³-hybridized carbons (Fsp3) is 0.0984. The average Bonchev–Trinajstić information content (AvgIpc) is 3.92. The molecular weight excluding hydrogens is 954 g/mol. The van der Waals surface area contributed by atoms with Gasteiger partial charge in [0.15, 0.2) is 0 Å². The SMILES string of the molecule is C/C=C/c1ccc2c(c1)C(=C(c1ccccc1)c1ccccc1)c1cc(C#CC(C=C3CCCC3=CCC)=C([C]#[Os])[P+](c3ccccc3)(c3ccccc3)c3ccccc3)ccc1-2. The van der Waals surface area contributed by atoms with E-state index in [9.17, 15) is 0 Å². The molecule has 0 bridgehead atoms. The van der Waals surface area contributed by atoms with Crippen molar-refractivity contribution >= 4 is 40.4 Å². The maximum atomic E-state index is 3.91. The molecule has 305 valence electrons. The molecule has 7 aromatic carbocycles. The zero-order valence-electron chi connectivity index (χ0n) is 35.8. The van der Waals surface area contributed by atoms with Gasteiger partial charge in [0, 0.05) is 0 Å². The van der Waals surface area contributed by atoms with Gasteiger partial charge in [0.1, 0.15) is 0 Å². The Kier molecular flexibility index (Phi) is 12.9. The molecule has 2 aliphatic carbocycles. The molecule has 0 N–H and O–H groups in total. The van der Waals surface area contributed by atoms with E-state index in [0.29, 0.717) is 0 Å². The Morgan fingerprint density at radius 2 is 1.10 bits per heavy atom. The van der Waals surface area contributed by atoms with Crippen LogP contribution < -0.4 is 15.9 Å². The van der Waals surface area contributed by atoms with Gasteiger partial charge in [-0.25, -0.2) is 0 Å². The Morgan fingerprint density at radius 1 is 0.587 bits per heavy atom. The molecule has 0 nitrogen and oxygen atoms in total. The molecule has 0 aromatic heterocycles. The minimum absolute atomic E-state index is 0.987. The molecule has 2 heteroatoms. The Balaban J connectivity index is 1.33. The first-order chi connectivity index (χ1) is 31.1. The van der Waals surface area contributed by atoms with Gasteiger partial charge in [0.25, 0.3) is 0 Å². The molecule has 0 heterocycles. The summed E-state index contributed by atoms with van der Waals surface area (Å²) >= 11 is 1.83. The van der Waals surface area contributed by atoms with Crippen molar-refractivity contribution in [3.63, 3.8) is 0 Å². The van der Waals surface area contributed by atoms with Gasteiger partial charge >= 0.3 is 331 Å². The molecule has 7 aromatic rings. The predicted octanol–water partition coefficient (Wildman–Crippen LogP) is 14.3. The molecule has 1 fully saturated rings. The van der Waals surface area contributed by atoms with E-state index in [2.05, 4.69) is 242 Å². The maximum absolute atomic E-state index is 3.91. The molecule has 0 atom stereocenters. The Hall–Kier alpha value is -6.35. The van der Waals surface area contributed by atoms with Crippen LogP contribution in [0.3, 0.4) is 0 Å². The van der Waals surface area contributed by atoms with Gasteiger partial charge in [-0.3, -0.25) is 0 Å². The van der Waals surface area contributed by atoms with Crippen molar-refractivity contribution in [2.24, 2.45) is 0 Å². The summed E-state index contributed by atoms with van der Waals surface area (Å²) in [6, 6.07) is 68.8. The number of rotatable bonds is 9. The van der Waals surface area contributed by atoms with E-state index in [-0.39, 0.29) is 0 Å². The van der Waals surface area contributed by atoms with Crippen LogP contribution in [0.4, 0.5) is 0 Å². The Bertz CT molecular complexity index is 2900. The number of hydrogen-bond donors (Lipinski definition) is 0. The topological polar surface area (TPSA) is 0 Å². The van der Waals surface area contributed by atoms with Gasteiger partial charge in [0.2, 0.25) is 0 Å². The second-order valence-electron chi connectivity index (χ2n) is 16.0. The van der Waals surface area contributed by atoms with Gasteiger partial charge in [-0.1, -0.05) is 48.6 Å². The molecule has 9 rings (SSSR count). The van der Waals surface area contributed by atoms with Crippen LogP contribution in [0.15, 0.2) is 228 Å². The molecule has 0 aliphatic heterocycles. The summed E-state index contributed by atoms with van der Waals surface area (Å²) in [7, 11) is -2.49. The van der Waals surface area contributed by atoms with Crippen LogP contribution in [0.1, 0.15) is 72.9 Å². The summed E-state index contributed by atoms with van der Waals surface area (Å²) in [6.07, 6.45) is 13.5. The minimum atomic E-state index is -2.49. The fourth-order valence-electron chi connectivity index (χ4n) is 9.43. The molecule has 0 amide bonds. The monoisotopic (exact) mass is 1000 g/mol. The third kappa shape index (κ3) is 8.33. The van der Waals surface area contributed by atoms with Crippen molar-refractivity contribution in [1.82, 2.24) is 0 Å². The molecular formula is C61H49OsP+.